The number of likely N-dealkylation sites (tertiary alicyclic amines) is 1. The number of hydrogen-bond donors (Lipinski definition) is 4. The van der Waals surface area contributed by atoms with Gasteiger partial charge in [0, 0.05) is 42.1 Å². The molecule has 4 N–H and O–H groups in total. The average Bonchev–Trinajstić information content (AvgIpc) is 3.79. The molecular formula is C38H55FN6O8S. The lowest BCUT2D eigenvalue weighted by atomic mass is 9.76. The van der Waals surface area contributed by atoms with Gasteiger partial charge in [-0.1, -0.05) is 32.1 Å². The summed E-state index contributed by atoms with van der Waals surface area (Å²) in [5, 5.41) is 6.35. The van der Waals surface area contributed by atoms with Crippen molar-refractivity contribution in [1.29, 1.82) is 0 Å². The lowest BCUT2D eigenvalue weighted by Gasteiger charge is -2.37. The number of carbonyl (C=O) groups excluding carboxylic acids is 4. The number of carbonyl (C=O) groups is 4. The molecule has 4 aliphatic rings. The van der Waals surface area contributed by atoms with Crippen molar-refractivity contribution in [2.45, 2.75) is 103 Å². The summed E-state index contributed by atoms with van der Waals surface area (Å²) in [5.74, 6) is -1.15. The summed E-state index contributed by atoms with van der Waals surface area (Å²) in [6.07, 6.45) is 7.77. The maximum absolute atomic E-state index is 14.3. The fourth-order valence-corrected chi connectivity index (χ4v) is 9.88. The normalized spacial score (nSPS) is 25.2. The lowest BCUT2D eigenvalue weighted by Crippen LogP contribution is -2.50. The van der Waals surface area contributed by atoms with E-state index in [1.54, 1.807) is 43.9 Å². The van der Waals surface area contributed by atoms with E-state index in [1.807, 2.05) is 0 Å². The number of alkyl halides is 1. The summed E-state index contributed by atoms with van der Waals surface area (Å²) < 4.78 is 53.4. The van der Waals surface area contributed by atoms with Crippen LogP contribution < -0.4 is 15.4 Å². The molecule has 298 valence electrons. The van der Waals surface area contributed by atoms with Crippen molar-refractivity contribution in [2.24, 2.45) is 23.7 Å². The van der Waals surface area contributed by atoms with Gasteiger partial charge in [-0.05, 0) is 94.9 Å². The average molecular weight is 775 g/mol. The number of nitrogens with zero attached hydrogens (tertiary/aromatic N) is 2. The molecule has 1 aromatic heterocycles. The maximum atomic E-state index is 14.3. The molecule has 6 rings (SSSR count). The van der Waals surface area contributed by atoms with E-state index in [1.165, 1.54) is 16.8 Å². The van der Waals surface area contributed by atoms with Crippen molar-refractivity contribution in [1.82, 2.24) is 24.2 Å². The Balaban J connectivity index is 1.12. The van der Waals surface area contributed by atoms with E-state index >= 15 is 0 Å². The zero-order valence-corrected chi connectivity index (χ0v) is 32.4. The molecule has 0 radical (unpaired) electrons. The molecule has 0 spiro atoms. The highest BCUT2D eigenvalue weighted by Gasteiger charge is 2.47. The Kier molecular flexibility index (Phi) is 12.5. The number of morpholine rings is 1. The summed E-state index contributed by atoms with van der Waals surface area (Å²) in [6.45, 7) is 5.85. The molecule has 4 fully saturated rings. The number of amides is 4. The fourth-order valence-electron chi connectivity index (χ4n) is 8.77. The number of aromatic nitrogens is 1. The second kappa shape index (κ2) is 16.9. The predicted octanol–water partition coefficient (Wildman–Crippen LogP) is 4.88. The van der Waals surface area contributed by atoms with Crippen LogP contribution in [-0.4, -0.2) is 104 Å². The van der Waals surface area contributed by atoms with Crippen LogP contribution in [0.3, 0.4) is 0 Å². The van der Waals surface area contributed by atoms with Crippen LogP contribution in [0.2, 0.25) is 0 Å². The second-order valence-electron chi connectivity index (χ2n) is 16.3. The van der Waals surface area contributed by atoms with E-state index in [-0.39, 0.29) is 61.6 Å². The van der Waals surface area contributed by atoms with Gasteiger partial charge in [-0.25, -0.2) is 13.9 Å². The molecule has 2 aliphatic heterocycles. The Morgan fingerprint density at radius 1 is 0.963 bits per heavy atom. The minimum absolute atomic E-state index is 0.0271. The summed E-state index contributed by atoms with van der Waals surface area (Å²) in [4.78, 5) is 58.5. The Morgan fingerprint density at radius 3 is 2.33 bits per heavy atom. The molecule has 2 aliphatic carbocycles. The molecule has 2 saturated carbocycles. The lowest BCUT2D eigenvalue weighted by molar-refractivity contribution is -0.142. The Morgan fingerprint density at radius 2 is 1.67 bits per heavy atom. The zero-order valence-electron chi connectivity index (χ0n) is 31.5. The first-order valence-electron chi connectivity index (χ1n) is 19.4. The number of hydrogen-bond acceptors (Lipinski definition) is 8. The molecule has 3 atom stereocenters. The number of nitrogens with one attached hydrogen (secondary N) is 4. The highest BCUT2D eigenvalue weighted by atomic mass is 32.2. The van der Waals surface area contributed by atoms with Crippen LogP contribution in [0, 0.1) is 23.7 Å². The smallest absolute Gasteiger partial charge is 0.407 e. The minimum atomic E-state index is -4.05. The van der Waals surface area contributed by atoms with Gasteiger partial charge in [-0.15, -0.1) is 0 Å². The van der Waals surface area contributed by atoms with E-state index in [2.05, 4.69) is 20.3 Å². The largest absolute Gasteiger partial charge is 0.444 e. The van der Waals surface area contributed by atoms with E-state index in [4.69, 9.17) is 9.47 Å². The monoisotopic (exact) mass is 774 g/mol. The van der Waals surface area contributed by atoms with Crippen LogP contribution in [0.5, 0.6) is 0 Å². The number of rotatable bonds is 10. The van der Waals surface area contributed by atoms with Gasteiger partial charge in [0.05, 0.1) is 19.3 Å². The summed E-state index contributed by atoms with van der Waals surface area (Å²) in [7, 11) is -4.05. The van der Waals surface area contributed by atoms with Gasteiger partial charge in [0.2, 0.25) is 11.8 Å². The molecule has 0 bridgehead atoms. The van der Waals surface area contributed by atoms with Crippen molar-refractivity contribution >= 4 is 50.6 Å². The van der Waals surface area contributed by atoms with E-state index in [0.717, 1.165) is 32.1 Å². The third kappa shape index (κ3) is 9.54. The van der Waals surface area contributed by atoms with Crippen LogP contribution in [0.4, 0.5) is 14.9 Å². The predicted molar refractivity (Wildman–Crippen MR) is 200 cm³/mol. The fraction of sp³-hybridized carbons (Fsp3) is 0.684. The number of fused-ring (bicyclic) bond motifs is 1. The quantitative estimate of drug-likeness (QED) is 0.264. The van der Waals surface area contributed by atoms with Gasteiger partial charge < -0.3 is 30.0 Å². The molecule has 3 heterocycles. The number of H-pyrrole nitrogens is 1. The molecule has 2 aromatic rings. The number of halogens is 1. The van der Waals surface area contributed by atoms with Gasteiger partial charge in [0.1, 0.15) is 24.0 Å². The topological polar surface area (TPSA) is 179 Å². The zero-order chi connectivity index (χ0) is 38.6. The molecule has 0 unspecified atom stereocenters. The van der Waals surface area contributed by atoms with Crippen LogP contribution in [0.1, 0.15) is 95.5 Å². The summed E-state index contributed by atoms with van der Waals surface area (Å²) >= 11 is 0. The van der Waals surface area contributed by atoms with E-state index < -0.39 is 46.6 Å². The highest BCUT2D eigenvalue weighted by molar-refractivity contribution is 7.87. The minimum Gasteiger partial charge on any atom is -0.444 e. The molecule has 16 heteroatoms. The third-order valence-corrected chi connectivity index (χ3v) is 13.0. The van der Waals surface area contributed by atoms with Crippen molar-refractivity contribution < 1.29 is 41.5 Å². The van der Waals surface area contributed by atoms with Gasteiger partial charge in [-0.2, -0.15) is 12.7 Å². The van der Waals surface area contributed by atoms with Crippen molar-refractivity contribution in [3.05, 3.63) is 30.0 Å². The number of anilines is 1. The van der Waals surface area contributed by atoms with Gasteiger partial charge in [-0.3, -0.25) is 14.4 Å². The van der Waals surface area contributed by atoms with E-state index in [9.17, 15) is 32.0 Å². The van der Waals surface area contributed by atoms with Crippen molar-refractivity contribution in [3.8, 4) is 0 Å². The first-order valence-corrected chi connectivity index (χ1v) is 20.9. The van der Waals surface area contributed by atoms with Crippen molar-refractivity contribution in [2.75, 3.05) is 44.8 Å². The van der Waals surface area contributed by atoms with Crippen LogP contribution in [0.15, 0.2) is 24.3 Å². The van der Waals surface area contributed by atoms with Crippen LogP contribution >= 0.6 is 0 Å². The number of ether oxygens (including phenoxy) is 2. The Hall–Kier alpha value is -3.76. The highest BCUT2D eigenvalue weighted by Crippen LogP contribution is 2.41. The molecule has 14 nitrogen and oxygen atoms in total. The first-order chi connectivity index (χ1) is 25.7. The Bertz CT molecular complexity index is 1780. The second-order valence-corrected chi connectivity index (χ2v) is 17.9. The van der Waals surface area contributed by atoms with E-state index in [0.29, 0.717) is 54.7 Å². The van der Waals surface area contributed by atoms with Crippen molar-refractivity contribution in [3.63, 3.8) is 0 Å². The number of alkyl carbamates (subject to hydrolysis) is 1. The SMILES string of the molecule is CC(C)(C)OC(=O)N[C@H](CF)[C@H]1CC[C@H](C(=O)N2CC[C@@H](C3CCCCC3)[C@H]2C(=O)Nc2ccc3[nH]c(C(=O)NS(=O)(=O)N4CCOCC4)cc3c2)CC1. The maximum Gasteiger partial charge on any atom is 0.407 e. The number of benzene rings is 1. The van der Waals surface area contributed by atoms with Gasteiger partial charge in [0.25, 0.3) is 5.91 Å². The van der Waals surface area contributed by atoms with Crippen LogP contribution in [0.25, 0.3) is 10.9 Å². The summed E-state index contributed by atoms with van der Waals surface area (Å²) in [5.41, 5.74) is 0.446. The van der Waals surface area contributed by atoms with Gasteiger partial charge in [0.15, 0.2) is 0 Å². The molecule has 2 saturated heterocycles. The Labute approximate surface area is 316 Å². The molecule has 1 aromatic carbocycles. The summed E-state index contributed by atoms with van der Waals surface area (Å²) in [6, 6.07) is 5.37. The molecule has 4 amide bonds. The van der Waals surface area contributed by atoms with Gasteiger partial charge >= 0.3 is 16.3 Å². The third-order valence-electron chi connectivity index (χ3n) is 11.5. The number of aromatic amines is 1. The van der Waals surface area contributed by atoms with Crippen LogP contribution in [-0.2, 0) is 29.3 Å². The molecule has 54 heavy (non-hydrogen) atoms. The molecular weight excluding hydrogens is 720 g/mol. The first kappa shape index (κ1) is 39.9. The standard InChI is InChI=1S/C38H55FN6O8S/c1-38(2,3)53-37(49)42-32(23-39)25-9-11-26(12-10-25)36(48)45-16-15-29(24-7-5-4-6-8-24)33(45)35(47)40-28-13-14-30-27(21-28)22-31(41-30)34(46)43-54(50,51)44-17-19-52-20-18-44/h13-14,21-22,24-26,29,32-33,41H,4-12,15-20,23H2,1-3H3,(H,40,47)(H,42,49)(H,43,46)/t25-,26-,29-,32+,33-/m0/s1.